The molecule has 1 aromatic carbocycles. The Hall–Kier alpha value is -0.510. The van der Waals surface area contributed by atoms with Gasteiger partial charge in [0.2, 0.25) is 0 Å². The van der Waals surface area contributed by atoms with E-state index in [1.165, 1.54) is 6.92 Å². The average Bonchev–Trinajstić information content (AvgIpc) is 2.79. The van der Waals surface area contributed by atoms with E-state index in [9.17, 15) is 20.4 Å². The number of nitrogens with zero attached hydrogens (tertiary/aromatic N) is 1. The molecular formula is C12H14Br2N2O4. The van der Waals surface area contributed by atoms with Crippen molar-refractivity contribution in [1.29, 1.82) is 0 Å². The van der Waals surface area contributed by atoms with Crippen LogP contribution in [0.5, 0.6) is 0 Å². The van der Waals surface area contributed by atoms with Crippen molar-refractivity contribution >= 4 is 42.9 Å². The Labute approximate surface area is 131 Å². The van der Waals surface area contributed by atoms with Gasteiger partial charge < -0.3 is 25.4 Å². The summed E-state index contributed by atoms with van der Waals surface area (Å²) >= 11 is 6.70. The van der Waals surface area contributed by atoms with E-state index in [1.807, 2.05) is 0 Å². The van der Waals surface area contributed by atoms with E-state index in [4.69, 9.17) is 0 Å². The lowest BCUT2D eigenvalue weighted by atomic mass is 10.0. The molecule has 0 aliphatic carbocycles. The smallest absolute Gasteiger partial charge is 0.140 e. The summed E-state index contributed by atoms with van der Waals surface area (Å²) in [5, 5.41) is 38.6. The van der Waals surface area contributed by atoms with Crippen LogP contribution >= 0.6 is 31.9 Å². The van der Waals surface area contributed by atoms with Crippen LogP contribution in [-0.4, -0.2) is 48.7 Å². The van der Waals surface area contributed by atoms with E-state index in [2.05, 4.69) is 41.8 Å². The van der Waals surface area contributed by atoms with Gasteiger partial charge in [-0.1, -0.05) is 0 Å². The zero-order chi connectivity index (χ0) is 15.0. The molecule has 110 valence electrons. The molecule has 1 aromatic heterocycles. The standard InChI is InChI=1S/C12H14Br2N2O4/c1-4(17)9(18)10(19)11(20)12-15-7-2-5(13)6(14)3-8(7)16-12/h2-4,9-11,17-20H,1H3,(H,15,16)/t4?,9-,10?,11-/m0/s1. The van der Waals surface area contributed by atoms with Gasteiger partial charge >= 0.3 is 0 Å². The molecule has 1 heterocycles. The number of hydrogen-bond donors (Lipinski definition) is 5. The third kappa shape index (κ3) is 3.05. The number of nitrogens with one attached hydrogen (secondary N) is 1. The number of benzene rings is 1. The highest BCUT2D eigenvalue weighted by atomic mass is 79.9. The predicted octanol–water partition coefficient (Wildman–Crippen LogP) is 1.22. The Kier molecular flexibility index (Phi) is 4.83. The molecule has 0 radical (unpaired) electrons. The van der Waals surface area contributed by atoms with Gasteiger partial charge in [-0.25, -0.2) is 4.98 Å². The normalized spacial score (nSPS) is 17.9. The fraction of sp³-hybridized carbons (Fsp3) is 0.417. The van der Waals surface area contributed by atoms with Gasteiger partial charge in [-0.3, -0.25) is 0 Å². The summed E-state index contributed by atoms with van der Waals surface area (Å²) in [7, 11) is 0. The number of halogens is 2. The first-order chi connectivity index (χ1) is 9.31. The molecule has 0 saturated carbocycles. The van der Waals surface area contributed by atoms with Gasteiger partial charge in [-0.2, -0.15) is 0 Å². The van der Waals surface area contributed by atoms with Crippen molar-refractivity contribution in [3.05, 3.63) is 26.9 Å². The van der Waals surface area contributed by atoms with Crippen molar-refractivity contribution in [3.8, 4) is 0 Å². The third-order valence-corrected chi connectivity index (χ3v) is 4.83. The van der Waals surface area contributed by atoms with Crippen molar-refractivity contribution in [3.63, 3.8) is 0 Å². The van der Waals surface area contributed by atoms with Gasteiger partial charge in [0.15, 0.2) is 0 Å². The third-order valence-electron chi connectivity index (χ3n) is 2.99. The van der Waals surface area contributed by atoms with Crippen molar-refractivity contribution in [1.82, 2.24) is 9.97 Å². The molecule has 0 aliphatic heterocycles. The van der Waals surface area contributed by atoms with Gasteiger partial charge in [0.1, 0.15) is 24.1 Å². The van der Waals surface area contributed by atoms with E-state index in [0.717, 1.165) is 8.95 Å². The maximum Gasteiger partial charge on any atom is 0.140 e. The molecule has 2 rings (SSSR count). The van der Waals surface area contributed by atoms with Crippen molar-refractivity contribution in [2.24, 2.45) is 0 Å². The highest BCUT2D eigenvalue weighted by molar-refractivity contribution is 9.13. The number of aliphatic hydroxyl groups is 4. The van der Waals surface area contributed by atoms with Crippen molar-refractivity contribution in [2.75, 3.05) is 0 Å². The molecule has 0 aliphatic rings. The number of aromatic nitrogens is 2. The number of imidazole rings is 1. The molecule has 0 fully saturated rings. The number of hydrogen-bond acceptors (Lipinski definition) is 5. The van der Waals surface area contributed by atoms with Crippen molar-refractivity contribution in [2.45, 2.75) is 31.3 Å². The zero-order valence-electron chi connectivity index (χ0n) is 10.5. The summed E-state index contributed by atoms with van der Waals surface area (Å²) in [6.45, 7) is 1.33. The molecule has 8 heteroatoms. The second-order valence-electron chi connectivity index (χ2n) is 4.57. The molecule has 0 bridgehead atoms. The minimum atomic E-state index is -1.54. The summed E-state index contributed by atoms with van der Waals surface area (Å²) in [5.41, 5.74) is 1.28. The summed E-state index contributed by atoms with van der Waals surface area (Å²) in [6, 6.07) is 3.53. The molecule has 2 unspecified atom stereocenters. The van der Waals surface area contributed by atoms with E-state index in [0.29, 0.717) is 11.0 Å². The first-order valence-electron chi connectivity index (χ1n) is 5.88. The number of fused-ring (bicyclic) bond motifs is 1. The lowest BCUT2D eigenvalue weighted by Gasteiger charge is -2.23. The van der Waals surface area contributed by atoms with Crippen molar-refractivity contribution < 1.29 is 20.4 Å². The van der Waals surface area contributed by atoms with Crippen LogP contribution in [0.4, 0.5) is 0 Å². The zero-order valence-corrected chi connectivity index (χ0v) is 13.6. The monoisotopic (exact) mass is 408 g/mol. The maximum atomic E-state index is 10.0. The Morgan fingerprint density at radius 3 is 2.25 bits per heavy atom. The van der Waals surface area contributed by atoms with Gasteiger partial charge in [-0.05, 0) is 50.9 Å². The molecule has 2 aromatic rings. The second kappa shape index (κ2) is 6.08. The molecule has 4 atom stereocenters. The fourth-order valence-corrected chi connectivity index (χ4v) is 2.47. The molecule has 0 spiro atoms. The van der Waals surface area contributed by atoms with Crippen LogP contribution in [0.2, 0.25) is 0 Å². The summed E-state index contributed by atoms with van der Waals surface area (Å²) < 4.78 is 1.63. The molecule has 20 heavy (non-hydrogen) atoms. The molecule has 5 N–H and O–H groups in total. The topological polar surface area (TPSA) is 110 Å². The van der Waals surface area contributed by atoms with Crippen LogP contribution in [0.25, 0.3) is 11.0 Å². The number of H-pyrrole nitrogens is 1. The lowest BCUT2D eigenvalue weighted by Crippen LogP contribution is -2.39. The lowest BCUT2D eigenvalue weighted by molar-refractivity contribution is -0.103. The first kappa shape index (κ1) is 15.9. The number of aromatic amines is 1. The first-order valence-corrected chi connectivity index (χ1v) is 7.46. The number of rotatable bonds is 4. The quantitative estimate of drug-likeness (QED) is 0.521. The minimum absolute atomic E-state index is 0.122. The average molecular weight is 410 g/mol. The minimum Gasteiger partial charge on any atom is -0.391 e. The van der Waals surface area contributed by atoms with Crippen LogP contribution in [0, 0.1) is 0 Å². The Balaban J connectivity index is 2.33. The van der Waals surface area contributed by atoms with Crippen LogP contribution in [0.3, 0.4) is 0 Å². The van der Waals surface area contributed by atoms with Crippen LogP contribution < -0.4 is 0 Å². The Bertz CT molecular complexity index is 578. The number of aliphatic hydroxyl groups excluding tert-OH is 4. The summed E-state index contributed by atoms with van der Waals surface area (Å²) in [5.74, 6) is 0.122. The van der Waals surface area contributed by atoms with Gasteiger partial charge in [0.25, 0.3) is 0 Å². The SMILES string of the molecule is CC(O)[C@H](O)C(O)[C@H](O)c1nc2cc(Br)c(Br)cc2[nH]1. The molecule has 0 amide bonds. The molecular weight excluding hydrogens is 396 g/mol. The van der Waals surface area contributed by atoms with Gasteiger partial charge in [0.05, 0.1) is 17.1 Å². The fourth-order valence-electron chi connectivity index (χ4n) is 1.80. The van der Waals surface area contributed by atoms with Gasteiger partial charge in [0, 0.05) is 8.95 Å². The van der Waals surface area contributed by atoms with Crippen LogP contribution in [0.15, 0.2) is 21.1 Å². The van der Waals surface area contributed by atoms with E-state index in [1.54, 1.807) is 12.1 Å². The van der Waals surface area contributed by atoms with Crippen LogP contribution in [0.1, 0.15) is 18.9 Å². The largest absolute Gasteiger partial charge is 0.391 e. The Morgan fingerprint density at radius 2 is 1.65 bits per heavy atom. The highest BCUT2D eigenvalue weighted by Gasteiger charge is 2.31. The van der Waals surface area contributed by atoms with E-state index < -0.39 is 24.4 Å². The Morgan fingerprint density at radius 1 is 1.05 bits per heavy atom. The maximum absolute atomic E-state index is 10.0. The summed E-state index contributed by atoms with van der Waals surface area (Å²) in [6.07, 6.45) is -5.59. The van der Waals surface area contributed by atoms with E-state index in [-0.39, 0.29) is 5.82 Å². The molecule has 0 saturated heterocycles. The highest BCUT2D eigenvalue weighted by Crippen LogP contribution is 2.29. The molecule has 6 nitrogen and oxygen atoms in total. The van der Waals surface area contributed by atoms with Gasteiger partial charge in [-0.15, -0.1) is 0 Å². The second-order valence-corrected chi connectivity index (χ2v) is 6.28. The van der Waals surface area contributed by atoms with Crippen LogP contribution in [-0.2, 0) is 0 Å². The predicted molar refractivity (Wildman–Crippen MR) is 80.1 cm³/mol. The summed E-state index contributed by atoms with van der Waals surface area (Å²) in [4.78, 5) is 7.04. The van der Waals surface area contributed by atoms with E-state index >= 15 is 0 Å².